The first kappa shape index (κ1) is 24.5. The van der Waals surface area contributed by atoms with E-state index in [9.17, 15) is 9.90 Å². The summed E-state index contributed by atoms with van der Waals surface area (Å²) in [5, 5.41) is 20.4. The molecule has 2 aromatic heterocycles. The first-order chi connectivity index (χ1) is 17.0. The third kappa shape index (κ3) is 5.74. The van der Waals surface area contributed by atoms with E-state index in [-0.39, 0.29) is 17.7 Å². The maximum absolute atomic E-state index is 15.0. The summed E-state index contributed by atoms with van der Waals surface area (Å²) in [5.41, 5.74) is 2.65. The molecule has 0 radical (unpaired) electrons. The molecule has 0 spiro atoms. The summed E-state index contributed by atoms with van der Waals surface area (Å²) in [5.74, 6) is -1.09. The number of amides is 1. The molecule has 9 heteroatoms. The molecule has 0 saturated carbocycles. The van der Waals surface area contributed by atoms with E-state index < -0.39 is 23.9 Å². The Balaban J connectivity index is 1.64. The smallest absolute Gasteiger partial charge is 0.252 e. The molecule has 0 aliphatic heterocycles. The topological polar surface area (TPSA) is 100 Å². The largest absolute Gasteiger partial charge is 0.394 e. The minimum Gasteiger partial charge on any atom is -0.394 e. The van der Waals surface area contributed by atoms with Gasteiger partial charge in [-0.1, -0.05) is 35.9 Å². The molecule has 2 aromatic carbocycles. The number of H-pyrrole nitrogens is 1. The van der Waals surface area contributed by atoms with Gasteiger partial charge in [0.15, 0.2) is 0 Å². The van der Waals surface area contributed by atoms with E-state index in [1.54, 1.807) is 42.6 Å². The van der Waals surface area contributed by atoms with Crippen molar-refractivity contribution >= 4 is 17.5 Å². The van der Waals surface area contributed by atoms with E-state index in [4.69, 9.17) is 16.3 Å². The number of hydrogen-bond donors (Lipinski definition) is 3. The summed E-state index contributed by atoms with van der Waals surface area (Å²) in [7, 11) is 1.45. The van der Waals surface area contributed by atoms with Gasteiger partial charge in [-0.05, 0) is 42.5 Å². The maximum Gasteiger partial charge on any atom is 0.252 e. The van der Waals surface area contributed by atoms with E-state index in [1.165, 1.54) is 25.3 Å². The molecule has 4 aromatic rings. The summed E-state index contributed by atoms with van der Waals surface area (Å²) in [4.78, 5) is 17.7. The molecule has 0 bridgehead atoms. The van der Waals surface area contributed by atoms with Crippen LogP contribution in [-0.4, -0.2) is 52.1 Å². The third-order valence-electron chi connectivity index (χ3n) is 5.65. The lowest BCUT2D eigenvalue weighted by molar-refractivity contribution is 0.0214. The van der Waals surface area contributed by atoms with Gasteiger partial charge < -0.3 is 15.2 Å². The molecular formula is C26H24ClFN4O3. The van der Waals surface area contributed by atoms with Crippen LogP contribution in [0.2, 0.25) is 5.02 Å². The highest BCUT2D eigenvalue weighted by Crippen LogP contribution is 2.29. The Morgan fingerprint density at radius 2 is 1.97 bits per heavy atom. The van der Waals surface area contributed by atoms with Gasteiger partial charge in [-0.25, -0.2) is 4.39 Å². The number of pyridine rings is 1. The Morgan fingerprint density at radius 3 is 2.66 bits per heavy atom. The second-order valence-corrected chi connectivity index (χ2v) is 8.33. The third-order valence-corrected chi connectivity index (χ3v) is 5.90. The summed E-state index contributed by atoms with van der Waals surface area (Å²) >= 11 is 5.96. The van der Waals surface area contributed by atoms with Crippen molar-refractivity contribution < 1.29 is 19.0 Å². The molecule has 4 rings (SSSR count). The molecule has 180 valence electrons. The number of aromatic nitrogens is 3. The minimum absolute atomic E-state index is 0.0901. The highest BCUT2D eigenvalue weighted by Gasteiger charge is 2.26. The van der Waals surface area contributed by atoms with Gasteiger partial charge in [0.25, 0.3) is 5.91 Å². The van der Waals surface area contributed by atoms with Gasteiger partial charge in [0.05, 0.1) is 29.6 Å². The number of aliphatic hydroxyl groups excluding tert-OH is 1. The maximum atomic E-state index is 15.0. The standard InChI is InChI=1S/C26H24ClFN4O3/c1-35-24(15-33)22(13-18-5-2-3-12-29-18)30-26(34)19-6-4-7-20(28)25(19)23-14-21(31-32-23)16-8-10-17(27)11-9-16/h2-12,14,22,24,33H,13,15H2,1H3,(H,30,34)(H,31,32). The molecule has 2 atom stereocenters. The van der Waals surface area contributed by atoms with Gasteiger partial charge >= 0.3 is 0 Å². The summed E-state index contributed by atoms with van der Waals surface area (Å²) in [6, 6.07) is 17.9. The number of aromatic amines is 1. The van der Waals surface area contributed by atoms with E-state index >= 15 is 4.39 Å². The van der Waals surface area contributed by atoms with Crippen LogP contribution in [0.3, 0.4) is 0 Å². The summed E-state index contributed by atoms with van der Waals surface area (Å²) in [6.07, 6.45) is 1.29. The van der Waals surface area contributed by atoms with Crippen molar-refractivity contribution in [3.05, 3.63) is 95.0 Å². The molecule has 2 unspecified atom stereocenters. The Kier molecular flexibility index (Phi) is 7.87. The Labute approximate surface area is 206 Å². The quantitative estimate of drug-likeness (QED) is 0.322. The summed E-state index contributed by atoms with van der Waals surface area (Å²) in [6.45, 7) is -0.310. The number of ether oxygens (including phenoxy) is 1. The van der Waals surface area contributed by atoms with Crippen LogP contribution in [0.1, 0.15) is 16.1 Å². The van der Waals surface area contributed by atoms with Gasteiger partial charge in [-0.3, -0.25) is 14.9 Å². The molecule has 0 saturated heterocycles. The number of benzene rings is 2. The fraction of sp³-hybridized carbons (Fsp3) is 0.192. The second kappa shape index (κ2) is 11.2. The lowest BCUT2D eigenvalue weighted by atomic mass is 10.00. The molecule has 35 heavy (non-hydrogen) atoms. The van der Waals surface area contributed by atoms with Gasteiger partial charge in [0.2, 0.25) is 0 Å². The molecule has 1 amide bonds. The van der Waals surface area contributed by atoms with Gasteiger partial charge in [-0.15, -0.1) is 0 Å². The summed E-state index contributed by atoms with van der Waals surface area (Å²) < 4.78 is 20.4. The zero-order valence-corrected chi connectivity index (χ0v) is 19.7. The average molecular weight is 495 g/mol. The van der Waals surface area contributed by atoms with E-state index in [1.807, 2.05) is 12.1 Å². The number of carbonyl (C=O) groups excluding carboxylic acids is 1. The first-order valence-electron chi connectivity index (χ1n) is 10.9. The van der Waals surface area contributed by atoms with Crippen molar-refractivity contribution in [2.24, 2.45) is 0 Å². The lowest BCUT2D eigenvalue weighted by Crippen LogP contribution is -2.47. The SMILES string of the molecule is COC(CO)C(Cc1ccccn1)NC(=O)c1cccc(F)c1-c1cc(-c2ccc(Cl)cc2)n[nH]1. The number of nitrogens with zero attached hydrogens (tertiary/aromatic N) is 2. The molecular weight excluding hydrogens is 471 g/mol. The molecule has 7 nitrogen and oxygen atoms in total. The highest BCUT2D eigenvalue weighted by molar-refractivity contribution is 6.30. The number of hydrogen-bond acceptors (Lipinski definition) is 5. The number of methoxy groups -OCH3 is 1. The van der Waals surface area contributed by atoms with Gasteiger partial charge in [0.1, 0.15) is 11.9 Å². The fourth-order valence-electron chi connectivity index (χ4n) is 3.84. The van der Waals surface area contributed by atoms with Crippen LogP contribution in [0.5, 0.6) is 0 Å². The Hall–Kier alpha value is -3.59. The monoisotopic (exact) mass is 494 g/mol. The van der Waals surface area contributed by atoms with Crippen molar-refractivity contribution in [2.45, 2.75) is 18.6 Å². The van der Waals surface area contributed by atoms with Crippen LogP contribution in [-0.2, 0) is 11.2 Å². The second-order valence-electron chi connectivity index (χ2n) is 7.90. The van der Waals surface area contributed by atoms with Crippen molar-refractivity contribution in [1.29, 1.82) is 0 Å². The number of carbonyl (C=O) groups is 1. The van der Waals surface area contributed by atoms with Crippen LogP contribution < -0.4 is 5.32 Å². The number of aliphatic hydroxyl groups is 1. The first-order valence-corrected chi connectivity index (χ1v) is 11.3. The van der Waals surface area contributed by atoms with Crippen molar-refractivity contribution in [3.63, 3.8) is 0 Å². The molecule has 3 N–H and O–H groups in total. The van der Waals surface area contributed by atoms with Gasteiger partial charge in [-0.2, -0.15) is 5.10 Å². The zero-order valence-electron chi connectivity index (χ0n) is 18.9. The van der Waals surface area contributed by atoms with Crippen LogP contribution in [0.4, 0.5) is 4.39 Å². The van der Waals surface area contributed by atoms with Crippen LogP contribution in [0, 0.1) is 5.82 Å². The van der Waals surface area contributed by atoms with Crippen LogP contribution in [0.25, 0.3) is 22.5 Å². The molecule has 0 fully saturated rings. The molecule has 2 heterocycles. The number of nitrogens with one attached hydrogen (secondary N) is 2. The fourth-order valence-corrected chi connectivity index (χ4v) is 3.96. The molecule has 0 aliphatic rings. The van der Waals surface area contributed by atoms with Crippen molar-refractivity contribution in [3.8, 4) is 22.5 Å². The number of rotatable bonds is 9. The van der Waals surface area contributed by atoms with Gasteiger partial charge in [0, 0.05) is 41.6 Å². The lowest BCUT2D eigenvalue weighted by Gasteiger charge is -2.26. The van der Waals surface area contributed by atoms with Crippen LogP contribution in [0.15, 0.2) is 72.9 Å². The normalized spacial score (nSPS) is 12.8. The Bertz CT molecular complexity index is 1280. The zero-order chi connectivity index (χ0) is 24.8. The van der Waals surface area contributed by atoms with Crippen molar-refractivity contribution in [2.75, 3.05) is 13.7 Å². The van der Waals surface area contributed by atoms with E-state index in [0.29, 0.717) is 28.5 Å². The highest BCUT2D eigenvalue weighted by atomic mass is 35.5. The van der Waals surface area contributed by atoms with Crippen molar-refractivity contribution in [1.82, 2.24) is 20.5 Å². The minimum atomic E-state index is -0.679. The predicted octanol–water partition coefficient (Wildman–Crippen LogP) is 4.28. The molecule has 0 aliphatic carbocycles. The average Bonchev–Trinajstić information content (AvgIpc) is 3.35. The van der Waals surface area contributed by atoms with E-state index in [2.05, 4.69) is 20.5 Å². The predicted molar refractivity (Wildman–Crippen MR) is 132 cm³/mol. The number of halogens is 2. The van der Waals surface area contributed by atoms with Crippen LogP contribution >= 0.6 is 11.6 Å². The Morgan fingerprint density at radius 1 is 1.17 bits per heavy atom. The van der Waals surface area contributed by atoms with E-state index in [0.717, 1.165) is 5.56 Å².